The van der Waals surface area contributed by atoms with Crippen LogP contribution in [-0.4, -0.2) is 77.4 Å². The van der Waals surface area contributed by atoms with E-state index in [-0.39, 0.29) is 18.6 Å². The van der Waals surface area contributed by atoms with E-state index in [0.29, 0.717) is 31.7 Å². The van der Waals surface area contributed by atoms with Crippen LogP contribution in [0.4, 0.5) is 4.79 Å². The molecule has 1 saturated heterocycles. The largest absolute Gasteiger partial charge is 0.493 e. The monoisotopic (exact) mass is 566 g/mol. The highest BCUT2D eigenvalue weighted by molar-refractivity contribution is 5.88. The minimum Gasteiger partial charge on any atom is -0.493 e. The number of aryl methyl sites for hydroxylation is 1. The van der Waals surface area contributed by atoms with Crippen LogP contribution in [0.2, 0.25) is 0 Å². The number of carbonyl (C=O) groups is 3. The van der Waals surface area contributed by atoms with Gasteiger partial charge in [0.1, 0.15) is 12.4 Å². The lowest BCUT2D eigenvalue weighted by Crippen LogP contribution is -2.34. The minimum absolute atomic E-state index is 0.163. The van der Waals surface area contributed by atoms with Gasteiger partial charge in [-0.05, 0) is 99.2 Å². The summed E-state index contributed by atoms with van der Waals surface area (Å²) in [5.41, 5.74) is 3.75. The number of aliphatic carboxylic acids is 1. The molecule has 1 unspecified atom stereocenters. The third-order valence-corrected chi connectivity index (χ3v) is 8.02. The quantitative estimate of drug-likeness (QED) is 0.239. The van der Waals surface area contributed by atoms with Gasteiger partial charge in [0.15, 0.2) is 0 Å². The molecule has 222 valence electrons. The molecule has 9 heteroatoms. The van der Waals surface area contributed by atoms with Crippen LogP contribution < -0.4 is 4.74 Å². The Morgan fingerprint density at radius 3 is 2.66 bits per heavy atom. The summed E-state index contributed by atoms with van der Waals surface area (Å²) in [4.78, 5) is 38.3. The van der Waals surface area contributed by atoms with Gasteiger partial charge in [0.2, 0.25) is 0 Å². The second kappa shape index (κ2) is 15.4. The molecule has 4 rings (SSSR count). The third-order valence-electron chi connectivity index (χ3n) is 8.02. The first-order valence-electron chi connectivity index (χ1n) is 14.9. The van der Waals surface area contributed by atoms with Gasteiger partial charge in [0, 0.05) is 25.6 Å². The number of unbranched alkanes of at least 4 members (excludes halogenated alkanes) is 3. The van der Waals surface area contributed by atoms with Crippen molar-refractivity contribution in [3.05, 3.63) is 64.7 Å². The predicted molar refractivity (Wildman–Crippen MR) is 155 cm³/mol. The van der Waals surface area contributed by atoms with E-state index in [1.165, 1.54) is 5.56 Å². The van der Waals surface area contributed by atoms with E-state index in [9.17, 15) is 19.5 Å². The first-order chi connectivity index (χ1) is 19.9. The van der Waals surface area contributed by atoms with Crippen molar-refractivity contribution < 1.29 is 34.1 Å². The van der Waals surface area contributed by atoms with E-state index < -0.39 is 11.9 Å². The lowest BCUT2D eigenvalue weighted by atomic mass is 9.85. The Morgan fingerprint density at radius 2 is 1.88 bits per heavy atom. The maximum Gasteiger partial charge on any atom is 0.409 e. The van der Waals surface area contributed by atoms with E-state index >= 15 is 0 Å². The van der Waals surface area contributed by atoms with Crippen LogP contribution in [0.15, 0.2) is 42.5 Å². The van der Waals surface area contributed by atoms with Crippen LogP contribution in [0.5, 0.6) is 5.75 Å². The van der Waals surface area contributed by atoms with E-state index in [4.69, 9.17) is 14.6 Å². The second-order valence-electron chi connectivity index (χ2n) is 10.9. The zero-order valence-electron chi connectivity index (χ0n) is 23.8. The number of benzene rings is 2. The average molecular weight is 567 g/mol. The zero-order valence-corrected chi connectivity index (χ0v) is 23.8. The molecule has 1 atom stereocenters. The van der Waals surface area contributed by atoms with Crippen molar-refractivity contribution in [3.63, 3.8) is 0 Å². The summed E-state index contributed by atoms with van der Waals surface area (Å²) < 4.78 is 11.2. The van der Waals surface area contributed by atoms with E-state index in [1.807, 2.05) is 30.3 Å². The SMILES string of the molecule is O=C(O)CCCCN(CCc1ccccc1OCCCCCN1CCOC1=O)C1CCCc2cc(C(=O)O)ccc21. The van der Waals surface area contributed by atoms with Crippen molar-refractivity contribution in [1.82, 2.24) is 9.80 Å². The molecule has 2 aliphatic rings. The van der Waals surface area contributed by atoms with Gasteiger partial charge in [-0.3, -0.25) is 9.69 Å². The highest BCUT2D eigenvalue weighted by atomic mass is 16.6. The van der Waals surface area contributed by atoms with Crippen LogP contribution in [0.1, 0.15) is 84.5 Å². The molecule has 1 aliphatic carbocycles. The van der Waals surface area contributed by atoms with Gasteiger partial charge < -0.3 is 24.6 Å². The molecule has 0 bridgehead atoms. The van der Waals surface area contributed by atoms with Crippen molar-refractivity contribution >= 4 is 18.0 Å². The molecule has 2 aromatic carbocycles. The summed E-state index contributed by atoms with van der Waals surface area (Å²) in [7, 11) is 0. The average Bonchev–Trinajstić information content (AvgIpc) is 3.38. The summed E-state index contributed by atoms with van der Waals surface area (Å²) in [5, 5.41) is 18.5. The number of cyclic esters (lactones) is 1. The van der Waals surface area contributed by atoms with E-state index in [2.05, 4.69) is 11.0 Å². The molecule has 1 fully saturated rings. The van der Waals surface area contributed by atoms with Gasteiger partial charge in [-0.1, -0.05) is 24.3 Å². The van der Waals surface area contributed by atoms with E-state index in [0.717, 1.165) is 87.9 Å². The molecule has 2 aromatic rings. The zero-order chi connectivity index (χ0) is 29.0. The number of aromatic carboxylic acids is 1. The maximum absolute atomic E-state index is 11.6. The van der Waals surface area contributed by atoms with Gasteiger partial charge in [0.05, 0.1) is 18.7 Å². The molecule has 9 nitrogen and oxygen atoms in total. The van der Waals surface area contributed by atoms with E-state index in [1.54, 1.807) is 11.0 Å². The molecule has 0 saturated carbocycles. The Bertz CT molecular complexity index is 1180. The van der Waals surface area contributed by atoms with Gasteiger partial charge in [-0.2, -0.15) is 0 Å². The number of fused-ring (bicyclic) bond motifs is 1. The fraction of sp³-hybridized carbons (Fsp3) is 0.531. The highest BCUT2D eigenvalue weighted by Crippen LogP contribution is 2.35. The topological polar surface area (TPSA) is 117 Å². The standard InChI is InChI=1S/C32H42N2O7/c35-30(36)13-4-6-17-33(28-11-8-10-25-23-26(31(37)38)14-15-27(25)28)19-16-24-9-2-3-12-29(24)40-21-7-1-5-18-34-20-22-41-32(34)39/h2-3,9,12,14-15,23,28H,1,4-8,10-11,13,16-22H2,(H,35,36)(H,37,38). The van der Waals surface area contributed by atoms with Crippen molar-refractivity contribution in [2.24, 2.45) is 0 Å². The van der Waals surface area contributed by atoms with Gasteiger partial charge >= 0.3 is 18.0 Å². The maximum atomic E-state index is 11.6. The molecular formula is C32H42N2O7. The molecule has 1 aliphatic heterocycles. The van der Waals surface area contributed by atoms with Crippen molar-refractivity contribution in [2.75, 3.05) is 39.4 Å². The van der Waals surface area contributed by atoms with Gasteiger partial charge in [-0.15, -0.1) is 0 Å². The number of para-hydroxylation sites is 1. The Kier molecular flexibility index (Phi) is 11.4. The van der Waals surface area contributed by atoms with Crippen LogP contribution in [0, 0.1) is 0 Å². The van der Waals surface area contributed by atoms with Gasteiger partial charge in [0.25, 0.3) is 0 Å². The number of ether oxygens (including phenoxy) is 2. The summed E-state index contributed by atoms with van der Waals surface area (Å²) in [6.45, 7) is 4.07. The number of rotatable bonds is 17. The number of hydrogen-bond acceptors (Lipinski definition) is 6. The summed E-state index contributed by atoms with van der Waals surface area (Å²) in [5.74, 6) is -0.796. The number of hydrogen-bond donors (Lipinski definition) is 2. The predicted octanol–water partition coefficient (Wildman–Crippen LogP) is 5.56. The smallest absolute Gasteiger partial charge is 0.409 e. The fourth-order valence-corrected chi connectivity index (χ4v) is 5.82. The highest BCUT2D eigenvalue weighted by Gasteiger charge is 2.27. The first kappa shape index (κ1) is 30.4. The lowest BCUT2D eigenvalue weighted by molar-refractivity contribution is -0.137. The van der Waals surface area contributed by atoms with Crippen LogP contribution in [-0.2, 0) is 22.4 Å². The molecule has 0 radical (unpaired) electrons. The second-order valence-corrected chi connectivity index (χ2v) is 10.9. The number of carboxylic acids is 2. The van der Waals surface area contributed by atoms with Crippen LogP contribution in [0.25, 0.3) is 0 Å². The van der Waals surface area contributed by atoms with Crippen molar-refractivity contribution in [2.45, 2.75) is 70.3 Å². The van der Waals surface area contributed by atoms with Crippen molar-refractivity contribution in [1.29, 1.82) is 0 Å². The number of nitrogens with zero attached hydrogens (tertiary/aromatic N) is 2. The molecule has 41 heavy (non-hydrogen) atoms. The van der Waals surface area contributed by atoms with Gasteiger partial charge in [-0.25, -0.2) is 9.59 Å². The molecule has 0 spiro atoms. The summed E-state index contributed by atoms with van der Waals surface area (Å²) in [6, 6.07) is 13.8. The third kappa shape index (κ3) is 8.95. The Morgan fingerprint density at radius 1 is 1.02 bits per heavy atom. The molecule has 1 heterocycles. The van der Waals surface area contributed by atoms with Crippen LogP contribution in [0.3, 0.4) is 0 Å². The molecule has 0 aromatic heterocycles. The normalized spacial score (nSPS) is 16.5. The number of carboxylic acid groups (broad SMARTS) is 2. The molecule has 2 N–H and O–H groups in total. The fourth-order valence-electron chi connectivity index (χ4n) is 5.82. The Labute approximate surface area is 242 Å². The Balaban J connectivity index is 1.35. The lowest BCUT2D eigenvalue weighted by Gasteiger charge is -2.36. The summed E-state index contributed by atoms with van der Waals surface area (Å²) >= 11 is 0. The minimum atomic E-state index is -0.909. The Hall–Kier alpha value is -3.59. The first-order valence-corrected chi connectivity index (χ1v) is 14.9. The molecular weight excluding hydrogens is 524 g/mol. The van der Waals surface area contributed by atoms with Crippen molar-refractivity contribution in [3.8, 4) is 5.75 Å². The molecule has 1 amide bonds. The summed E-state index contributed by atoms with van der Waals surface area (Å²) in [6.07, 6.45) is 7.82. The van der Waals surface area contributed by atoms with Crippen LogP contribution >= 0.6 is 0 Å². The number of carbonyl (C=O) groups excluding carboxylic acids is 1. The number of amides is 1.